The second kappa shape index (κ2) is 12.3. The fourth-order valence-corrected chi connectivity index (χ4v) is 3.81. The van der Waals surface area contributed by atoms with Gasteiger partial charge in [0.25, 0.3) is 0 Å². The fourth-order valence-electron chi connectivity index (χ4n) is 3.81. The van der Waals surface area contributed by atoms with E-state index >= 15 is 0 Å². The van der Waals surface area contributed by atoms with E-state index in [-0.39, 0.29) is 6.61 Å². The van der Waals surface area contributed by atoms with Crippen molar-refractivity contribution in [2.24, 2.45) is 5.92 Å². The molecule has 1 N–H and O–H groups in total. The maximum Gasteiger partial charge on any atom is 0.119 e. The summed E-state index contributed by atoms with van der Waals surface area (Å²) in [6.45, 7) is 5.23. The lowest BCUT2D eigenvalue weighted by atomic mass is 9.98. The number of hydrogen-bond acceptors (Lipinski definition) is 2. The molecule has 2 nitrogen and oxygen atoms in total. The third-order valence-electron chi connectivity index (χ3n) is 6.06. The summed E-state index contributed by atoms with van der Waals surface area (Å²) in [7, 11) is 0. The van der Waals surface area contributed by atoms with Crippen LogP contribution in [0, 0.1) is 5.92 Å². The zero-order valence-electron chi connectivity index (χ0n) is 19.0. The first kappa shape index (κ1) is 23.1. The zero-order chi connectivity index (χ0) is 21.9. The van der Waals surface area contributed by atoms with Crippen LogP contribution in [0.25, 0.3) is 22.3 Å². The van der Waals surface area contributed by atoms with Crippen LogP contribution in [0.5, 0.6) is 5.75 Å². The van der Waals surface area contributed by atoms with Crippen molar-refractivity contribution in [3.05, 3.63) is 78.4 Å². The van der Waals surface area contributed by atoms with Gasteiger partial charge >= 0.3 is 0 Å². The predicted octanol–water partition coefficient (Wildman–Crippen LogP) is 7.54. The second-order valence-corrected chi connectivity index (χ2v) is 8.35. The molecule has 0 aliphatic rings. The molecule has 0 saturated heterocycles. The first-order chi connectivity index (χ1) is 15.2. The Labute approximate surface area is 187 Å². The van der Waals surface area contributed by atoms with Gasteiger partial charge in [-0.1, -0.05) is 93.8 Å². The lowest BCUT2D eigenvalue weighted by Gasteiger charge is -2.12. The van der Waals surface area contributed by atoms with E-state index in [9.17, 15) is 5.11 Å². The number of aliphatic hydroxyl groups excluding tert-OH is 1. The molecule has 3 aromatic rings. The van der Waals surface area contributed by atoms with Gasteiger partial charge in [0.15, 0.2) is 0 Å². The highest BCUT2D eigenvalue weighted by Gasteiger charge is 2.05. The smallest absolute Gasteiger partial charge is 0.119 e. The summed E-state index contributed by atoms with van der Waals surface area (Å²) in [5, 5.41) is 9.27. The Morgan fingerprint density at radius 3 is 1.71 bits per heavy atom. The predicted molar refractivity (Wildman–Crippen MR) is 132 cm³/mol. The van der Waals surface area contributed by atoms with Crippen molar-refractivity contribution in [2.45, 2.75) is 52.4 Å². The topological polar surface area (TPSA) is 29.5 Å². The zero-order valence-corrected chi connectivity index (χ0v) is 19.0. The maximum absolute atomic E-state index is 9.27. The number of hydrogen-bond donors (Lipinski definition) is 1. The Morgan fingerprint density at radius 1 is 0.710 bits per heavy atom. The van der Waals surface area contributed by atoms with Crippen LogP contribution in [-0.4, -0.2) is 18.3 Å². The van der Waals surface area contributed by atoms with Crippen molar-refractivity contribution in [3.8, 4) is 28.0 Å². The number of aryl methyl sites for hydroxylation is 1. The monoisotopic (exact) mass is 416 g/mol. The van der Waals surface area contributed by atoms with E-state index in [2.05, 4.69) is 74.5 Å². The fraction of sp³-hybridized carbons (Fsp3) is 0.379. The second-order valence-electron chi connectivity index (χ2n) is 8.35. The molecule has 1 atom stereocenters. The molecule has 3 aromatic carbocycles. The Bertz CT molecular complexity index is 876. The molecule has 0 radical (unpaired) electrons. The third kappa shape index (κ3) is 6.97. The minimum Gasteiger partial charge on any atom is -0.494 e. The minimum absolute atomic E-state index is 0.234. The number of rotatable bonds is 12. The Balaban J connectivity index is 1.57. The lowest BCUT2D eigenvalue weighted by molar-refractivity contribution is 0.188. The molecule has 0 fully saturated rings. The highest BCUT2D eigenvalue weighted by Crippen LogP contribution is 2.27. The molecular formula is C29H36O2. The minimum atomic E-state index is 0.234. The van der Waals surface area contributed by atoms with Crippen LogP contribution in [0.3, 0.4) is 0 Å². The van der Waals surface area contributed by atoms with Crippen LogP contribution in [0.4, 0.5) is 0 Å². The van der Waals surface area contributed by atoms with Crippen molar-refractivity contribution in [1.82, 2.24) is 0 Å². The molecule has 1 unspecified atom stereocenters. The average Bonchev–Trinajstić information content (AvgIpc) is 2.83. The van der Waals surface area contributed by atoms with Gasteiger partial charge in [0.1, 0.15) is 5.75 Å². The van der Waals surface area contributed by atoms with Crippen molar-refractivity contribution in [3.63, 3.8) is 0 Å². The maximum atomic E-state index is 9.27. The van der Waals surface area contributed by atoms with Gasteiger partial charge in [-0.05, 0) is 65.1 Å². The summed E-state index contributed by atoms with van der Waals surface area (Å²) in [5.74, 6) is 1.21. The quantitative estimate of drug-likeness (QED) is 0.309. The first-order valence-electron chi connectivity index (χ1n) is 11.8. The molecule has 0 saturated carbocycles. The standard InChI is InChI=1S/C29H36O2/c1-3-5-6-7-24-8-10-25(11-9-24)26-12-14-27(15-13-26)28-16-18-29(19-17-28)31-21-20-23(4-2)22-30/h8-19,23,30H,3-7,20-22H2,1-2H3. The van der Waals surface area contributed by atoms with Gasteiger partial charge < -0.3 is 9.84 Å². The molecular weight excluding hydrogens is 380 g/mol. The summed E-state index contributed by atoms with van der Waals surface area (Å²) in [4.78, 5) is 0. The van der Waals surface area contributed by atoms with Crippen molar-refractivity contribution in [1.29, 1.82) is 0 Å². The van der Waals surface area contributed by atoms with Gasteiger partial charge in [-0.3, -0.25) is 0 Å². The van der Waals surface area contributed by atoms with E-state index in [0.29, 0.717) is 12.5 Å². The molecule has 0 bridgehead atoms. The molecule has 0 heterocycles. The van der Waals surface area contributed by atoms with Crippen LogP contribution in [0.1, 0.15) is 51.5 Å². The van der Waals surface area contributed by atoms with Gasteiger partial charge in [0.05, 0.1) is 6.61 Å². The van der Waals surface area contributed by atoms with Crippen LogP contribution in [0.2, 0.25) is 0 Å². The number of unbranched alkanes of at least 4 members (excludes halogenated alkanes) is 2. The van der Waals surface area contributed by atoms with Gasteiger partial charge in [-0.2, -0.15) is 0 Å². The average molecular weight is 417 g/mol. The third-order valence-corrected chi connectivity index (χ3v) is 6.06. The summed E-state index contributed by atoms with van der Waals surface area (Å²) < 4.78 is 5.84. The van der Waals surface area contributed by atoms with Gasteiger partial charge in [-0.15, -0.1) is 0 Å². The molecule has 2 heteroatoms. The SMILES string of the molecule is CCCCCc1ccc(-c2ccc(-c3ccc(OCCC(CC)CO)cc3)cc2)cc1. The highest BCUT2D eigenvalue weighted by atomic mass is 16.5. The number of ether oxygens (including phenoxy) is 1. The van der Waals surface area contributed by atoms with Crippen LogP contribution in [-0.2, 0) is 6.42 Å². The number of aliphatic hydroxyl groups is 1. The summed E-state index contributed by atoms with van der Waals surface area (Å²) in [6, 6.07) is 26.1. The Kier molecular flexibility index (Phi) is 9.17. The lowest BCUT2D eigenvalue weighted by Crippen LogP contribution is -2.09. The van der Waals surface area contributed by atoms with Crippen molar-refractivity contribution < 1.29 is 9.84 Å². The van der Waals surface area contributed by atoms with Crippen molar-refractivity contribution in [2.75, 3.05) is 13.2 Å². The largest absolute Gasteiger partial charge is 0.494 e. The van der Waals surface area contributed by atoms with E-state index in [1.807, 2.05) is 12.1 Å². The van der Waals surface area contributed by atoms with Gasteiger partial charge in [-0.25, -0.2) is 0 Å². The van der Waals surface area contributed by atoms with Crippen LogP contribution in [0.15, 0.2) is 72.8 Å². The molecule has 0 aliphatic heterocycles. The molecule has 0 spiro atoms. The summed E-state index contributed by atoms with van der Waals surface area (Å²) in [6.07, 6.45) is 6.89. The van der Waals surface area contributed by atoms with E-state index in [0.717, 1.165) is 18.6 Å². The van der Waals surface area contributed by atoms with E-state index in [1.165, 1.54) is 53.5 Å². The van der Waals surface area contributed by atoms with Crippen LogP contribution >= 0.6 is 0 Å². The molecule has 0 aromatic heterocycles. The van der Waals surface area contributed by atoms with Gasteiger partial charge in [0, 0.05) is 6.61 Å². The molecule has 164 valence electrons. The molecule has 0 aliphatic carbocycles. The van der Waals surface area contributed by atoms with E-state index in [4.69, 9.17) is 4.74 Å². The Hall–Kier alpha value is -2.58. The summed E-state index contributed by atoms with van der Waals surface area (Å²) in [5.41, 5.74) is 6.34. The normalized spacial score (nSPS) is 12.0. The molecule has 31 heavy (non-hydrogen) atoms. The number of benzene rings is 3. The van der Waals surface area contributed by atoms with Gasteiger partial charge in [0.2, 0.25) is 0 Å². The van der Waals surface area contributed by atoms with Crippen LogP contribution < -0.4 is 4.74 Å². The Morgan fingerprint density at radius 2 is 1.23 bits per heavy atom. The van der Waals surface area contributed by atoms with Crippen molar-refractivity contribution >= 4 is 0 Å². The first-order valence-corrected chi connectivity index (χ1v) is 11.8. The molecule has 3 rings (SSSR count). The van der Waals surface area contributed by atoms with E-state index in [1.54, 1.807) is 0 Å². The molecule has 0 amide bonds. The summed E-state index contributed by atoms with van der Waals surface area (Å²) >= 11 is 0. The van der Waals surface area contributed by atoms with E-state index < -0.39 is 0 Å². The highest BCUT2D eigenvalue weighted by molar-refractivity contribution is 5.70.